The van der Waals surface area contributed by atoms with Gasteiger partial charge in [0.25, 0.3) is 0 Å². The van der Waals surface area contributed by atoms with Crippen LogP contribution in [0.2, 0.25) is 0 Å². The highest BCUT2D eigenvalue weighted by Crippen LogP contribution is 2.30. The summed E-state index contributed by atoms with van der Waals surface area (Å²) in [5.41, 5.74) is 0. The van der Waals surface area contributed by atoms with Crippen LogP contribution in [0.4, 0.5) is 0 Å². The van der Waals surface area contributed by atoms with Crippen LogP contribution >= 0.6 is 0 Å². The van der Waals surface area contributed by atoms with Crippen LogP contribution in [0, 0.1) is 0 Å². The van der Waals surface area contributed by atoms with Crippen LogP contribution in [0.3, 0.4) is 0 Å². The molecule has 5 heteroatoms. The van der Waals surface area contributed by atoms with Gasteiger partial charge in [-0.15, -0.1) is 0 Å². The maximum absolute atomic E-state index is 11.5. The number of hydrogen-bond acceptors (Lipinski definition) is 5. The van der Waals surface area contributed by atoms with Crippen LogP contribution in [-0.4, -0.2) is 56.1 Å². The fourth-order valence-corrected chi connectivity index (χ4v) is 1.98. The second-order valence-corrected chi connectivity index (χ2v) is 4.98. The van der Waals surface area contributed by atoms with Gasteiger partial charge in [-0.25, -0.2) is 0 Å². The predicted molar refractivity (Wildman–Crippen MR) is 63.6 cm³/mol. The molecule has 1 rings (SSSR count). The van der Waals surface area contributed by atoms with Crippen LogP contribution in [0.5, 0.6) is 0 Å². The summed E-state index contributed by atoms with van der Waals surface area (Å²) in [5.74, 6) is -0.861. The Kier molecular flexibility index (Phi) is 4.91. The first-order valence-electron chi connectivity index (χ1n) is 6.00. The molecule has 17 heavy (non-hydrogen) atoms. The molecule has 0 unspecified atom stereocenters. The number of esters is 1. The molecule has 1 heterocycles. The largest absolute Gasteiger partial charge is 0.466 e. The third kappa shape index (κ3) is 4.61. The number of carbonyl (C=O) groups is 1. The first-order chi connectivity index (χ1) is 7.84. The van der Waals surface area contributed by atoms with Gasteiger partial charge < -0.3 is 19.1 Å². The van der Waals surface area contributed by atoms with E-state index in [2.05, 4.69) is 0 Å². The van der Waals surface area contributed by atoms with Gasteiger partial charge in [0.2, 0.25) is 0 Å². The van der Waals surface area contributed by atoms with E-state index in [0.29, 0.717) is 6.61 Å². The number of hydrogen-bond donors (Lipinski definition) is 0. The SMILES string of the molecule is CCOC(=O)C[C@H]1OC(C)(C)O[C@@H]1CN(C)C. The van der Waals surface area contributed by atoms with E-state index in [0.717, 1.165) is 6.54 Å². The van der Waals surface area contributed by atoms with Crippen molar-refractivity contribution in [1.82, 2.24) is 4.90 Å². The van der Waals surface area contributed by atoms with Gasteiger partial charge in [-0.2, -0.15) is 0 Å². The lowest BCUT2D eigenvalue weighted by Crippen LogP contribution is -2.35. The fraction of sp³-hybridized carbons (Fsp3) is 0.917. The number of ether oxygens (including phenoxy) is 3. The van der Waals surface area contributed by atoms with E-state index in [1.54, 1.807) is 6.92 Å². The van der Waals surface area contributed by atoms with Crippen molar-refractivity contribution in [3.05, 3.63) is 0 Å². The average molecular weight is 245 g/mol. The van der Waals surface area contributed by atoms with Gasteiger partial charge in [-0.05, 0) is 34.9 Å². The molecule has 1 saturated heterocycles. The molecule has 0 aromatic rings. The van der Waals surface area contributed by atoms with E-state index in [1.165, 1.54) is 0 Å². The van der Waals surface area contributed by atoms with E-state index in [9.17, 15) is 4.79 Å². The molecule has 100 valence electrons. The van der Waals surface area contributed by atoms with Gasteiger partial charge in [0, 0.05) is 6.54 Å². The van der Waals surface area contributed by atoms with Crippen LogP contribution in [0.1, 0.15) is 27.2 Å². The molecule has 0 aromatic heterocycles. The molecule has 0 N–H and O–H groups in total. The Labute approximate surface area is 103 Å². The van der Waals surface area contributed by atoms with Gasteiger partial charge in [-0.3, -0.25) is 4.79 Å². The highest BCUT2D eigenvalue weighted by molar-refractivity contribution is 5.70. The Bertz CT molecular complexity index is 265. The van der Waals surface area contributed by atoms with Crippen molar-refractivity contribution >= 4 is 5.97 Å². The standard InChI is InChI=1S/C12H23NO4/c1-6-15-11(14)7-9-10(8-13(4)5)17-12(2,3)16-9/h9-10H,6-8H2,1-5H3/t9-,10-/m1/s1. The molecule has 0 amide bonds. The molecule has 0 bridgehead atoms. The minimum atomic E-state index is -0.627. The number of nitrogens with zero attached hydrogens (tertiary/aromatic N) is 1. The van der Waals surface area contributed by atoms with Crippen molar-refractivity contribution in [2.45, 2.75) is 45.2 Å². The number of likely N-dealkylation sites (N-methyl/N-ethyl adjacent to an activating group) is 1. The quantitative estimate of drug-likeness (QED) is 0.677. The summed E-state index contributed by atoms with van der Waals surface area (Å²) >= 11 is 0. The van der Waals surface area contributed by atoms with Crippen LogP contribution in [-0.2, 0) is 19.0 Å². The number of carbonyl (C=O) groups excluding carboxylic acids is 1. The Balaban J connectivity index is 2.57. The summed E-state index contributed by atoms with van der Waals surface area (Å²) in [6.07, 6.45) is -0.0775. The Hall–Kier alpha value is -0.650. The highest BCUT2D eigenvalue weighted by atomic mass is 16.8. The second-order valence-electron chi connectivity index (χ2n) is 4.98. The summed E-state index contributed by atoms with van der Waals surface area (Å²) in [4.78, 5) is 13.5. The molecule has 0 saturated carbocycles. The Morgan fingerprint density at radius 3 is 2.41 bits per heavy atom. The van der Waals surface area contributed by atoms with Crippen molar-refractivity contribution in [3.63, 3.8) is 0 Å². The molecule has 0 radical (unpaired) electrons. The lowest BCUT2D eigenvalue weighted by atomic mass is 10.1. The van der Waals surface area contributed by atoms with E-state index in [1.807, 2.05) is 32.8 Å². The zero-order chi connectivity index (χ0) is 13.1. The molecular weight excluding hydrogens is 222 g/mol. The zero-order valence-corrected chi connectivity index (χ0v) is 11.4. The molecule has 1 aliphatic rings. The molecule has 1 fully saturated rings. The smallest absolute Gasteiger partial charge is 0.308 e. The first-order valence-corrected chi connectivity index (χ1v) is 6.00. The maximum atomic E-state index is 11.5. The normalized spacial score (nSPS) is 27.4. The van der Waals surface area contributed by atoms with Crippen LogP contribution in [0.25, 0.3) is 0 Å². The Morgan fingerprint density at radius 2 is 1.88 bits per heavy atom. The topological polar surface area (TPSA) is 48.0 Å². The van der Waals surface area contributed by atoms with Gasteiger partial charge in [0.05, 0.1) is 19.1 Å². The first kappa shape index (κ1) is 14.4. The lowest BCUT2D eigenvalue weighted by molar-refractivity contribution is -0.155. The number of rotatable bonds is 5. The van der Waals surface area contributed by atoms with Crippen molar-refractivity contribution in [2.24, 2.45) is 0 Å². The van der Waals surface area contributed by atoms with Gasteiger partial charge >= 0.3 is 5.97 Å². The zero-order valence-electron chi connectivity index (χ0n) is 11.4. The van der Waals surface area contributed by atoms with Crippen LogP contribution in [0.15, 0.2) is 0 Å². The molecule has 5 nitrogen and oxygen atoms in total. The van der Waals surface area contributed by atoms with E-state index < -0.39 is 5.79 Å². The van der Waals surface area contributed by atoms with Crippen LogP contribution < -0.4 is 0 Å². The molecule has 2 atom stereocenters. The molecule has 0 aromatic carbocycles. The average Bonchev–Trinajstić information content (AvgIpc) is 2.39. The summed E-state index contributed by atoms with van der Waals surface area (Å²) in [7, 11) is 3.94. The van der Waals surface area contributed by atoms with E-state index in [-0.39, 0.29) is 24.6 Å². The summed E-state index contributed by atoms with van der Waals surface area (Å²) in [6.45, 7) is 6.65. The van der Waals surface area contributed by atoms with E-state index in [4.69, 9.17) is 14.2 Å². The lowest BCUT2D eigenvalue weighted by Gasteiger charge is -2.20. The highest BCUT2D eigenvalue weighted by Gasteiger charge is 2.42. The third-order valence-electron chi connectivity index (χ3n) is 2.50. The molecule has 0 aliphatic carbocycles. The fourth-order valence-electron chi connectivity index (χ4n) is 1.98. The summed E-state index contributed by atoms with van der Waals surface area (Å²) in [6, 6.07) is 0. The molecule has 1 aliphatic heterocycles. The predicted octanol–water partition coefficient (Wildman–Crippen LogP) is 1.02. The summed E-state index contributed by atoms with van der Waals surface area (Å²) < 4.78 is 16.4. The van der Waals surface area contributed by atoms with Crippen molar-refractivity contribution in [2.75, 3.05) is 27.2 Å². The maximum Gasteiger partial charge on any atom is 0.308 e. The van der Waals surface area contributed by atoms with Gasteiger partial charge in [0.15, 0.2) is 5.79 Å². The minimum Gasteiger partial charge on any atom is -0.466 e. The molecular formula is C12H23NO4. The van der Waals surface area contributed by atoms with Crippen molar-refractivity contribution < 1.29 is 19.0 Å². The van der Waals surface area contributed by atoms with Gasteiger partial charge in [-0.1, -0.05) is 0 Å². The van der Waals surface area contributed by atoms with Crippen molar-refractivity contribution in [1.29, 1.82) is 0 Å². The summed E-state index contributed by atoms with van der Waals surface area (Å²) in [5, 5.41) is 0. The van der Waals surface area contributed by atoms with E-state index >= 15 is 0 Å². The molecule has 0 spiro atoms. The Morgan fingerprint density at radius 1 is 1.29 bits per heavy atom. The third-order valence-corrected chi connectivity index (χ3v) is 2.50. The minimum absolute atomic E-state index is 0.0931. The monoisotopic (exact) mass is 245 g/mol. The van der Waals surface area contributed by atoms with Gasteiger partial charge in [0.1, 0.15) is 6.10 Å². The van der Waals surface area contributed by atoms with Crippen molar-refractivity contribution in [3.8, 4) is 0 Å². The second kappa shape index (κ2) is 5.80.